The topological polar surface area (TPSA) is 78.7 Å². The van der Waals surface area contributed by atoms with Crippen molar-refractivity contribution in [2.45, 2.75) is 5.75 Å². The predicted molar refractivity (Wildman–Crippen MR) is 92.8 cm³/mol. The van der Waals surface area contributed by atoms with Crippen molar-refractivity contribution in [3.8, 4) is 11.5 Å². The molecule has 0 aliphatic rings. The minimum absolute atomic E-state index is 0.0139. The fourth-order valence-corrected chi connectivity index (χ4v) is 3.15. The third kappa shape index (κ3) is 4.42. The second kappa shape index (κ2) is 8.26. The number of ether oxygens (including phenoxy) is 2. The van der Waals surface area contributed by atoms with E-state index in [2.05, 4.69) is 0 Å². The molecule has 7 heteroatoms. The molecule has 24 heavy (non-hydrogen) atoms. The van der Waals surface area contributed by atoms with Gasteiger partial charge in [0.1, 0.15) is 10.8 Å². The molecule has 1 unspecified atom stereocenters. The van der Waals surface area contributed by atoms with Crippen LogP contribution >= 0.6 is 0 Å². The summed E-state index contributed by atoms with van der Waals surface area (Å²) in [6.45, 7) is 0. The number of benzene rings is 2. The molecule has 0 amide bonds. The van der Waals surface area contributed by atoms with E-state index in [1.165, 1.54) is 20.3 Å². The maximum absolute atomic E-state index is 12.4. The molecule has 2 aromatic rings. The number of methoxy groups -OCH3 is 2. The van der Waals surface area contributed by atoms with E-state index in [1.807, 2.05) is 6.07 Å². The summed E-state index contributed by atoms with van der Waals surface area (Å²) < 4.78 is 22.8. The van der Waals surface area contributed by atoms with Crippen molar-refractivity contribution < 1.29 is 18.6 Å². The minimum Gasteiger partial charge on any atom is -0.493 e. The Hall–Kier alpha value is -2.67. The molecule has 0 spiro atoms. The Morgan fingerprint density at radius 2 is 1.79 bits per heavy atom. The van der Waals surface area contributed by atoms with Gasteiger partial charge in [-0.1, -0.05) is 36.4 Å². The van der Waals surface area contributed by atoms with Crippen molar-refractivity contribution in [3.63, 3.8) is 0 Å². The highest BCUT2D eigenvalue weighted by atomic mass is 32.2. The van der Waals surface area contributed by atoms with Crippen LogP contribution in [0.25, 0.3) is 6.08 Å². The molecule has 0 saturated carbocycles. The van der Waals surface area contributed by atoms with Crippen LogP contribution in [-0.2, 0) is 16.6 Å². The maximum Gasteiger partial charge on any atom is 0.333 e. The van der Waals surface area contributed by atoms with Crippen LogP contribution in [0.15, 0.2) is 53.6 Å². The Morgan fingerprint density at radius 3 is 2.38 bits per heavy atom. The first-order valence-electron chi connectivity index (χ1n) is 7.05. The minimum atomic E-state index is -1.79. The van der Waals surface area contributed by atoms with Crippen LogP contribution in [-0.4, -0.2) is 23.4 Å². The zero-order valence-corrected chi connectivity index (χ0v) is 14.1. The lowest BCUT2D eigenvalue weighted by atomic mass is 10.2. The highest BCUT2D eigenvalue weighted by Crippen LogP contribution is 2.28. The Morgan fingerprint density at radius 1 is 1.12 bits per heavy atom. The molecule has 2 rings (SSSR count). The van der Waals surface area contributed by atoms with E-state index < -0.39 is 15.7 Å². The van der Waals surface area contributed by atoms with Gasteiger partial charge in [0.2, 0.25) is 0 Å². The number of nitrogens with zero attached hydrogens (tertiary/aromatic N) is 1. The normalized spacial score (nSPS) is 12.5. The van der Waals surface area contributed by atoms with Crippen molar-refractivity contribution in [2.24, 2.45) is 0 Å². The van der Waals surface area contributed by atoms with Crippen molar-refractivity contribution in [1.82, 2.24) is 0 Å². The van der Waals surface area contributed by atoms with E-state index >= 15 is 0 Å². The molecule has 2 aromatic carbocycles. The molecule has 0 aliphatic carbocycles. The van der Waals surface area contributed by atoms with Gasteiger partial charge >= 0.3 is 5.03 Å². The van der Waals surface area contributed by atoms with Crippen LogP contribution < -0.4 is 9.47 Å². The Balaban J connectivity index is 2.26. The second-order valence-electron chi connectivity index (χ2n) is 4.83. The average Bonchev–Trinajstić information content (AvgIpc) is 2.60. The van der Waals surface area contributed by atoms with Gasteiger partial charge in [-0.3, -0.25) is 10.1 Å². The first kappa shape index (κ1) is 17.7. The third-order valence-corrected chi connectivity index (χ3v) is 4.58. The Kier molecular flexibility index (Phi) is 6.08. The molecule has 0 bridgehead atoms. The smallest absolute Gasteiger partial charge is 0.333 e. The van der Waals surface area contributed by atoms with Gasteiger partial charge in [0.15, 0.2) is 11.5 Å². The first-order valence-corrected chi connectivity index (χ1v) is 8.37. The van der Waals surface area contributed by atoms with Crippen molar-refractivity contribution in [3.05, 3.63) is 74.8 Å². The highest BCUT2D eigenvalue weighted by molar-refractivity contribution is 7.88. The third-order valence-electron chi connectivity index (χ3n) is 3.25. The summed E-state index contributed by atoms with van der Waals surface area (Å²) >= 11 is 0. The molecular formula is C17H17NO5S. The van der Waals surface area contributed by atoms with Gasteiger partial charge in [-0.05, 0) is 23.3 Å². The van der Waals surface area contributed by atoms with E-state index in [-0.39, 0.29) is 10.8 Å². The summed E-state index contributed by atoms with van der Waals surface area (Å²) in [4.78, 5) is 10.7. The molecule has 0 saturated heterocycles. The SMILES string of the molecule is COc1ccc(CS(=O)C(=Cc2ccccc2)[N+](=O)[O-])cc1OC. The van der Waals surface area contributed by atoms with Crippen LogP contribution in [0.2, 0.25) is 0 Å². The predicted octanol–water partition coefficient (Wildman–Crippen LogP) is 3.23. The van der Waals surface area contributed by atoms with Gasteiger partial charge in [0.25, 0.3) is 0 Å². The lowest BCUT2D eigenvalue weighted by molar-refractivity contribution is -0.409. The van der Waals surface area contributed by atoms with E-state index in [9.17, 15) is 14.3 Å². The maximum atomic E-state index is 12.4. The summed E-state index contributed by atoms with van der Waals surface area (Å²) in [6, 6.07) is 13.8. The number of rotatable bonds is 7. The summed E-state index contributed by atoms with van der Waals surface area (Å²) in [5, 5.41) is 10.9. The quantitative estimate of drug-likeness (QED) is 0.567. The van der Waals surface area contributed by atoms with Crippen LogP contribution in [0.3, 0.4) is 0 Å². The standard InChI is InChI=1S/C17H17NO5S/c1-22-15-9-8-14(10-16(15)23-2)12-24(21)17(18(19)20)11-13-6-4-3-5-7-13/h3-11H,12H2,1-2H3. The van der Waals surface area contributed by atoms with Crippen LogP contribution in [0.5, 0.6) is 11.5 Å². The van der Waals surface area contributed by atoms with Crippen LogP contribution in [0.1, 0.15) is 11.1 Å². The molecule has 0 fully saturated rings. The largest absolute Gasteiger partial charge is 0.493 e. The molecular weight excluding hydrogens is 330 g/mol. The van der Waals surface area contributed by atoms with Gasteiger partial charge in [-0.15, -0.1) is 0 Å². The van der Waals surface area contributed by atoms with Crippen molar-refractivity contribution in [2.75, 3.05) is 14.2 Å². The molecule has 0 heterocycles. The number of nitro groups is 1. The Labute approximate surface area is 142 Å². The van der Waals surface area contributed by atoms with E-state index in [0.29, 0.717) is 22.6 Å². The highest BCUT2D eigenvalue weighted by Gasteiger charge is 2.21. The average molecular weight is 347 g/mol. The fraction of sp³-hybridized carbons (Fsp3) is 0.176. The Bertz CT molecular complexity index is 774. The number of hydrogen-bond donors (Lipinski definition) is 0. The van der Waals surface area contributed by atoms with Crippen molar-refractivity contribution in [1.29, 1.82) is 0 Å². The van der Waals surface area contributed by atoms with Gasteiger partial charge < -0.3 is 9.47 Å². The van der Waals surface area contributed by atoms with E-state index in [0.717, 1.165) is 0 Å². The molecule has 1 atom stereocenters. The zero-order valence-electron chi connectivity index (χ0n) is 13.3. The zero-order chi connectivity index (χ0) is 17.5. The fourth-order valence-electron chi connectivity index (χ4n) is 2.09. The van der Waals surface area contributed by atoms with Gasteiger partial charge in [-0.2, -0.15) is 0 Å². The van der Waals surface area contributed by atoms with Gasteiger partial charge in [0, 0.05) is 6.08 Å². The molecule has 126 valence electrons. The summed E-state index contributed by atoms with van der Waals surface area (Å²) in [7, 11) is 1.22. The summed E-state index contributed by atoms with van der Waals surface area (Å²) in [5.74, 6) is 1.04. The number of hydrogen-bond acceptors (Lipinski definition) is 5. The van der Waals surface area contributed by atoms with E-state index in [4.69, 9.17) is 9.47 Å². The van der Waals surface area contributed by atoms with Gasteiger partial charge in [0.05, 0.1) is 24.9 Å². The molecule has 0 radical (unpaired) electrons. The molecule has 6 nitrogen and oxygen atoms in total. The van der Waals surface area contributed by atoms with E-state index in [1.54, 1.807) is 42.5 Å². The second-order valence-corrected chi connectivity index (χ2v) is 6.23. The molecule has 0 aromatic heterocycles. The lowest BCUT2D eigenvalue weighted by Crippen LogP contribution is -2.08. The van der Waals surface area contributed by atoms with Crippen LogP contribution in [0, 0.1) is 10.1 Å². The first-order chi connectivity index (χ1) is 11.5. The lowest BCUT2D eigenvalue weighted by Gasteiger charge is -2.09. The molecule has 0 aliphatic heterocycles. The monoisotopic (exact) mass is 347 g/mol. The van der Waals surface area contributed by atoms with Crippen LogP contribution in [0.4, 0.5) is 0 Å². The summed E-state index contributed by atoms with van der Waals surface area (Å²) in [5.41, 5.74) is 1.29. The van der Waals surface area contributed by atoms with Crippen molar-refractivity contribution >= 4 is 16.9 Å². The van der Waals surface area contributed by atoms with Gasteiger partial charge in [-0.25, -0.2) is 4.21 Å². The summed E-state index contributed by atoms with van der Waals surface area (Å²) in [6.07, 6.45) is 1.33. The molecule has 0 N–H and O–H groups in total.